The summed E-state index contributed by atoms with van der Waals surface area (Å²) in [4.78, 5) is 24.6. The van der Waals surface area contributed by atoms with Crippen molar-refractivity contribution in [3.63, 3.8) is 0 Å². The summed E-state index contributed by atoms with van der Waals surface area (Å²) in [6.07, 6.45) is 0. The molecule has 0 radical (unpaired) electrons. The molecule has 0 aliphatic rings. The second kappa shape index (κ2) is 10.7. The second-order valence-corrected chi connectivity index (χ2v) is 10.7. The smallest absolute Gasteiger partial charge is 0.259 e. The van der Waals surface area contributed by atoms with Crippen LogP contribution in [-0.4, -0.2) is 38.0 Å². The van der Waals surface area contributed by atoms with Crippen LogP contribution in [0.15, 0.2) is 51.3 Å². The SMILES string of the molecule is O=C(CSc1nnc(NC(=O)c2cc(Br)ccc2Cl)s1)Nc1nnc(-c2ccc(F)cc2)s1. The summed E-state index contributed by atoms with van der Waals surface area (Å²) in [6, 6.07) is 10.8. The Morgan fingerprint density at radius 2 is 1.73 bits per heavy atom. The molecule has 0 bridgehead atoms. The Morgan fingerprint density at radius 1 is 1.00 bits per heavy atom. The van der Waals surface area contributed by atoms with Crippen LogP contribution in [0.2, 0.25) is 5.02 Å². The van der Waals surface area contributed by atoms with Crippen molar-refractivity contribution in [3.05, 3.63) is 63.3 Å². The van der Waals surface area contributed by atoms with Crippen molar-refractivity contribution < 1.29 is 14.0 Å². The van der Waals surface area contributed by atoms with Gasteiger partial charge in [-0.25, -0.2) is 4.39 Å². The molecular formula is C19H11BrClFN6O2S3. The van der Waals surface area contributed by atoms with Crippen molar-refractivity contribution in [1.29, 1.82) is 0 Å². The van der Waals surface area contributed by atoms with Gasteiger partial charge in [-0.05, 0) is 42.5 Å². The molecule has 0 atom stereocenters. The number of carbonyl (C=O) groups is 2. The number of benzene rings is 2. The fraction of sp³-hybridized carbons (Fsp3) is 0.0526. The van der Waals surface area contributed by atoms with Crippen LogP contribution >= 0.6 is 62.0 Å². The van der Waals surface area contributed by atoms with Gasteiger partial charge in [0.2, 0.25) is 16.2 Å². The summed E-state index contributed by atoms with van der Waals surface area (Å²) in [6.45, 7) is 0. The largest absolute Gasteiger partial charge is 0.300 e. The van der Waals surface area contributed by atoms with E-state index in [4.69, 9.17) is 11.6 Å². The standard InChI is InChI=1S/C19H11BrClFN6O2S3/c20-10-3-6-13(21)12(7-10)15(30)24-18-27-28-19(33-18)31-8-14(29)23-17-26-25-16(32-17)9-1-4-11(22)5-2-9/h1-7H,8H2,(H,23,26,29)(H,24,27,30). The minimum Gasteiger partial charge on any atom is -0.300 e. The first-order valence-corrected chi connectivity index (χ1v) is 12.8. The number of rotatable bonds is 7. The van der Waals surface area contributed by atoms with Crippen molar-refractivity contribution in [2.45, 2.75) is 4.34 Å². The third-order valence-electron chi connectivity index (χ3n) is 3.89. The van der Waals surface area contributed by atoms with Crippen molar-refractivity contribution in [3.8, 4) is 10.6 Å². The van der Waals surface area contributed by atoms with Gasteiger partial charge in [0.1, 0.15) is 10.8 Å². The molecule has 0 saturated heterocycles. The first-order chi connectivity index (χ1) is 15.9. The van der Waals surface area contributed by atoms with E-state index >= 15 is 0 Å². The van der Waals surface area contributed by atoms with Crippen LogP contribution in [0.4, 0.5) is 14.7 Å². The molecule has 2 aromatic heterocycles. The van der Waals surface area contributed by atoms with Gasteiger partial charge in [0, 0.05) is 10.0 Å². The molecule has 168 valence electrons. The van der Waals surface area contributed by atoms with Gasteiger partial charge in [-0.3, -0.25) is 20.2 Å². The summed E-state index contributed by atoms with van der Waals surface area (Å²) >= 11 is 12.8. The van der Waals surface area contributed by atoms with Crippen LogP contribution < -0.4 is 10.6 Å². The molecule has 4 aromatic rings. The number of carbonyl (C=O) groups excluding carboxylic acids is 2. The number of thioether (sulfide) groups is 1. The van der Waals surface area contributed by atoms with E-state index in [2.05, 4.69) is 47.0 Å². The monoisotopic (exact) mass is 584 g/mol. The number of hydrogen-bond acceptors (Lipinski definition) is 9. The van der Waals surface area contributed by atoms with Crippen LogP contribution in [0.1, 0.15) is 10.4 Å². The maximum Gasteiger partial charge on any atom is 0.259 e. The van der Waals surface area contributed by atoms with E-state index in [1.807, 2.05) is 0 Å². The maximum atomic E-state index is 13.0. The lowest BCUT2D eigenvalue weighted by Gasteiger charge is -2.04. The lowest BCUT2D eigenvalue weighted by Crippen LogP contribution is -2.13. The molecule has 14 heteroatoms. The Bertz CT molecular complexity index is 1320. The molecule has 0 spiro atoms. The maximum absolute atomic E-state index is 13.0. The quantitative estimate of drug-likeness (QED) is 0.215. The molecule has 8 nitrogen and oxygen atoms in total. The average molecular weight is 586 g/mol. The molecule has 4 rings (SSSR count). The molecule has 2 aromatic carbocycles. The Balaban J connectivity index is 1.29. The molecule has 0 aliphatic carbocycles. The lowest BCUT2D eigenvalue weighted by atomic mass is 10.2. The van der Waals surface area contributed by atoms with Crippen molar-refractivity contribution in [1.82, 2.24) is 20.4 Å². The highest BCUT2D eigenvalue weighted by atomic mass is 79.9. The van der Waals surface area contributed by atoms with Gasteiger partial charge in [0.05, 0.1) is 16.3 Å². The number of aromatic nitrogens is 4. The first-order valence-electron chi connectivity index (χ1n) is 8.99. The summed E-state index contributed by atoms with van der Waals surface area (Å²) in [5.41, 5.74) is 1.00. The number of amides is 2. The number of halogens is 3. The van der Waals surface area contributed by atoms with E-state index in [1.54, 1.807) is 30.3 Å². The number of hydrogen-bond donors (Lipinski definition) is 2. The third-order valence-corrected chi connectivity index (χ3v) is 7.57. The number of nitrogens with one attached hydrogen (secondary N) is 2. The zero-order valence-corrected chi connectivity index (χ0v) is 21.0. The average Bonchev–Trinajstić information content (AvgIpc) is 3.44. The highest BCUT2D eigenvalue weighted by Gasteiger charge is 2.15. The van der Waals surface area contributed by atoms with E-state index in [0.29, 0.717) is 30.6 Å². The van der Waals surface area contributed by atoms with Crippen LogP contribution in [0.25, 0.3) is 10.6 Å². The van der Waals surface area contributed by atoms with E-state index in [-0.39, 0.29) is 22.6 Å². The predicted molar refractivity (Wildman–Crippen MR) is 132 cm³/mol. The summed E-state index contributed by atoms with van der Waals surface area (Å²) in [5.74, 6) is -1.00. The normalized spacial score (nSPS) is 10.8. The van der Waals surface area contributed by atoms with Gasteiger partial charge in [-0.1, -0.05) is 62.0 Å². The van der Waals surface area contributed by atoms with Crippen LogP contribution in [0.5, 0.6) is 0 Å². The molecule has 0 aliphatic heterocycles. The highest BCUT2D eigenvalue weighted by Crippen LogP contribution is 2.29. The van der Waals surface area contributed by atoms with Crippen LogP contribution in [0, 0.1) is 5.82 Å². The molecule has 0 saturated carbocycles. The van der Waals surface area contributed by atoms with Crippen LogP contribution in [-0.2, 0) is 4.79 Å². The van der Waals surface area contributed by atoms with Crippen molar-refractivity contribution in [2.24, 2.45) is 0 Å². The second-order valence-electron chi connectivity index (χ2n) is 6.21. The van der Waals surface area contributed by atoms with E-state index in [0.717, 1.165) is 27.6 Å². The lowest BCUT2D eigenvalue weighted by molar-refractivity contribution is -0.113. The minimum absolute atomic E-state index is 0.0610. The van der Waals surface area contributed by atoms with Gasteiger partial charge in [0.15, 0.2) is 4.34 Å². The van der Waals surface area contributed by atoms with E-state index < -0.39 is 5.91 Å². The highest BCUT2D eigenvalue weighted by molar-refractivity contribution is 9.10. The Hall–Kier alpha value is -2.45. The fourth-order valence-electron chi connectivity index (χ4n) is 2.42. The van der Waals surface area contributed by atoms with Gasteiger partial charge in [-0.2, -0.15) is 0 Å². The van der Waals surface area contributed by atoms with Crippen molar-refractivity contribution in [2.75, 3.05) is 16.4 Å². The Kier molecular flexibility index (Phi) is 7.65. The molecule has 33 heavy (non-hydrogen) atoms. The molecule has 2 amide bonds. The Labute approximate surface area is 212 Å². The van der Waals surface area contributed by atoms with Gasteiger partial charge in [0.25, 0.3) is 5.91 Å². The van der Waals surface area contributed by atoms with Crippen LogP contribution in [0.3, 0.4) is 0 Å². The zero-order chi connectivity index (χ0) is 23.4. The minimum atomic E-state index is -0.417. The van der Waals surface area contributed by atoms with E-state index in [1.165, 1.54) is 23.5 Å². The van der Waals surface area contributed by atoms with Gasteiger partial charge >= 0.3 is 0 Å². The molecule has 2 heterocycles. The Morgan fingerprint density at radius 3 is 2.52 bits per heavy atom. The first kappa shape index (κ1) is 23.7. The summed E-state index contributed by atoms with van der Waals surface area (Å²) in [5, 5.41) is 22.6. The predicted octanol–water partition coefficient (Wildman–Crippen LogP) is 5.59. The topological polar surface area (TPSA) is 110 Å². The molecule has 0 unspecified atom stereocenters. The zero-order valence-electron chi connectivity index (χ0n) is 16.2. The number of nitrogens with zero attached hydrogens (tertiary/aromatic N) is 4. The summed E-state index contributed by atoms with van der Waals surface area (Å²) in [7, 11) is 0. The molecular weight excluding hydrogens is 575 g/mol. The molecule has 2 N–H and O–H groups in total. The van der Waals surface area contributed by atoms with Gasteiger partial charge < -0.3 is 0 Å². The number of anilines is 2. The molecule has 0 fully saturated rings. The fourth-order valence-corrected chi connectivity index (χ4v) is 5.30. The van der Waals surface area contributed by atoms with E-state index in [9.17, 15) is 14.0 Å². The summed E-state index contributed by atoms with van der Waals surface area (Å²) < 4.78 is 14.3. The third kappa shape index (κ3) is 6.32. The van der Waals surface area contributed by atoms with Gasteiger partial charge in [-0.15, -0.1) is 20.4 Å². The van der Waals surface area contributed by atoms with Crippen molar-refractivity contribution >= 4 is 84.0 Å².